The molecule has 3 nitrogen and oxygen atoms in total. The molecule has 2 rings (SSSR count). The Kier molecular flexibility index (Phi) is 4.25. The fourth-order valence-corrected chi connectivity index (χ4v) is 2.71. The van der Waals surface area contributed by atoms with E-state index in [1.807, 2.05) is 35.0 Å². The lowest BCUT2D eigenvalue weighted by Gasteiger charge is -2.13. The normalized spacial score (nSPS) is 12.4. The fraction of sp³-hybridized carbons (Fsp3) is 0.167. The van der Waals surface area contributed by atoms with Crippen molar-refractivity contribution in [3.05, 3.63) is 44.2 Å². The van der Waals surface area contributed by atoms with Crippen LogP contribution in [0.3, 0.4) is 0 Å². The first-order valence-electron chi connectivity index (χ1n) is 5.16. The van der Waals surface area contributed by atoms with Crippen LogP contribution in [0.25, 0.3) is 0 Å². The molecule has 0 saturated carbocycles. The van der Waals surface area contributed by atoms with Crippen LogP contribution >= 0.6 is 33.9 Å². The zero-order chi connectivity index (χ0) is 12.3. The molecule has 0 spiro atoms. The lowest BCUT2D eigenvalue weighted by molar-refractivity contribution is 0.192. The minimum absolute atomic E-state index is 0.460. The van der Waals surface area contributed by atoms with Gasteiger partial charge in [-0.15, -0.1) is 0 Å². The van der Waals surface area contributed by atoms with Crippen LogP contribution in [-0.2, 0) is 0 Å². The first-order valence-corrected chi connectivity index (χ1v) is 7.18. The zero-order valence-electron chi connectivity index (χ0n) is 9.06. The van der Waals surface area contributed by atoms with E-state index in [9.17, 15) is 5.11 Å². The van der Waals surface area contributed by atoms with Crippen molar-refractivity contribution in [1.29, 1.82) is 0 Å². The highest BCUT2D eigenvalue weighted by molar-refractivity contribution is 14.1. The van der Waals surface area contributed by atoms with Crippen LogP contribution in [-0.4, -0.2) is 11.7 Å². The number of nitrogens with two attached hydrogens (primary N) is 1. The number of nitrogens with one attached hydrogen (secondary N) is 1. The van der Waals surface area contributed by atoms with Crippen molar-refractivity contribution < 1.29 is 5.11 Å². The van der Waals surface area contributed by atoms with Gasteiger partial charge in [0.25, 0.3) is 0 Å². The summed E-state index contributed by atoms with van der Waals surface area (Å²) in [6.45, 7) is 0.460. The Balaban J connectivity index is 1.98. The SMILES string of the molecule is Nc1cc(I)ccc1NCC(O)c1ccsc1. The Morgan fingerprint density at radius 2 is 2.24 bits per heavy atom. The van der Waals surface area contributed by atoms with Crippen LogP contribution in [0, 0.1) is 3.57 Å². The molecule has 17 heavy (non-hydrogen) atoms. The summed E-state index contributed by atoms with van der Waals surface area (Å²) in [6.07, 6.45) is -0.500. The predicted octanol–water partition coefficient (Wildman–Crippen LogP) is 3.08. The maximum Gasteiger partial charge on any atom is 0.0970 e. The summed E-state index contributed by atoms with van der Waals surface area (Å²) in [6, 6.07) is 7.74. The molecule has 0 aliphatic rings. The Morgan fingerprint density at radius 1 is 1.41 bits per heavy atom. The van der Waals surface area contributed by atoms with Crippen LogP contribution in [0.1, 0.15) is 11.7 Å². The van der Waals surface area contributed by atoms with Gasteiger partial charge >= 0.3 is 0 Å². The summed E-state index contributed by atoms with van der Waals surface area (Å²) < 4.78 is 1.10. The van der Waals surface area contributed by atoms with E-state index in [-0.39, 0.29) is 0 Å². The number of halogens is 1. The number of rotatable bonds is 4. The highest BCUT2D eigenvalue weighted by Gasteiger charge is 2.08. The first-order chi connectivity index (χ1) is 8.16. The van der Waals surface area contributed by atoms with Gasteiger partial charge in [-0.3, -0.25) is 0 Å². The Labute approximate surface area is 118 Å². The maximum atomic E-state index is 9.92. The van der Waals surface area contributed by atoms with Crippen LogP contribution in [0.15, 0.2) is 35.0 Å². The topological polar surface area (TPSA) is 58.3 Å². The molecule has 90 valence electrons. The van der Waals surface area contributed by atoms with Crippen molar-refractivity contribution in [1.82, 2.24) is 0 Å². The van der Waals surface area contributed by atoms with Crippen molar-refractivity contribution in [3.8, 4) is 0 Å². The number of hydrogen-bond acceptors (Lipinski definition) is 4. The van der Waals surface area contributed by atoms with Crippen molar-refractivity contribution in [2.45, 2.75) is 6.10 Å². The molecule has 1 aromatic carbocycles. The fourth-order valence-electron chi connectivity index (χ4n) is 1.48. The summed E-state index contributed by atoms with van der Waals surface area (Å²) in [5, 5.41) is 17.0. The molecular formula is C12H13IN2OS. The van der Waals surface area contributed by atoms with Gasteiger partial charge in [-0.2, -0.15) is 11.3 Å². The van der Waals surface area contributed by atoms with Gasteiger partial charge < -0.3 is 16.2 Å². The monoisotopic (exact) mass is 360 g/mol. The van der Waals surface area contributed by atoms with Gasteiger partial charge in [-0.25, -0.2) is 0 Å². The second-order valence-corrected chi connectivity index (χ2v) is 5.71. The standard InChI is InChI=1S/C12H13IN2OS/c13-9-1-2-11(10(14)5-9)15-6-12(16)8-3-4-17-7-8/h1-5,7,12,15-16H,6,14H2. The average molecular weight is 360 g/mol. The Morgan fingerprint density at radius 3 is 2.88 bits per heavy atom. The summed E-state index contributed by atoms with van der Waals surface area (Å²) in [5.41, 5.74) is 8.38. The van der Waals surface area contributed by atoms with E-state index in [1.54, 1.807) is 11.3 Å². The summed E-state index contributed by atoms with van der Waals surface area (Å²) in [5.74, 6) is 0. The maximum absolute atomic E-state index is 9.92. The van der Waals surface area contributed by atoms with Crippen molar-refractivity contribution >= 4 is 45.3 Å². The molecule has 4 N–H and O–H groups in total. The lowest BCUT2D eigenvalue weighted by Crippen LogP contribution is -2.12. The van der Waals surface area contributed by atoms with Crippen LogP contribution < -0.4 is 11.1 Å². The van der Waals surface area contributed by atoms with E-state index < -0.39 is 6.10 Å². The molecule has 0 saturated heterocycles. The second kappa shape index (κ2) is 5.70. The molecule has 0 amide bonds. The van der Waals surface area contributed by atoms with Crippen molar-refractivity contribution in [2.75, 3.05) is 17.6 Å². The number of aliphatic hydroxyl groups is 1. The highest BCUT2D eigenvalue weighted by Crippen LogP contribution is 2.22. The molecule has 2 aromatic rings. The van der Waals surface area contributed by atoms with Gasteiger partial charge in [0.05, 0.1) is 17.5 Å². The van der Waals surface area contributed by atoms with Crippen LogP contribution in [0.2, 0.25) is 0 Å². The number of hydrogen-bond donors (Lipinski definition) is 3. The van der Waals surface area contributed by atoms with E-state index in [1.165, 1.54) is 0 Å². The van der Waals surface area contributed by atoms with Crippen LogP contribution in [0.5, 0.6) is 0 Å². The van der Waals surface area contributed by atoms with E-state index in [0.29, 0.717) is 12.2 Å². The molecule has 5 heteroatoms. The van der Waals surface area contributed by atoms with Crippen LogP contribution in [0.4, 0.5) is 11.4 Å². The molecule has 0 aliphatic heterocycles. The molecule has 1 aromatic heterocycles. The van der Waals surface area contributed by atoms with Gasteiger partial charge in [0, 0.05) is 10.1 Å². The summed E-state index contributed by atoms with van der Waals surface area (Å²) >= 11 is 3.80. The highest BCUT2D eigenvalue weighted by atomic mass is 127. The van der Waals surface area contributed by atoms with E-state index in [4.69, 9.17) is 5.73 Å². The van der Waals surface area contributed by atoms with Gasteiger partial charge in [-0.1, -0.05) is 0 Å². The molecule has 0 aliphatic carbocycles. The Hall–Kier alpha value is -0.790. The number of thiophene rings is 1. The van der Waals surface area contributed by atoms with Crippen molar-refractivity contribution in [2.24, 2.45) is 0 Å². The molecule has 0 radical (unpaired) electrons. The number of anilines is 2. The molecule has 0 bridgehead atoms. The number of nitrogen functional groups attached to an aromatic ring is 1. The first kappa shape index (κ1) is 12.7. The smallest absolute Gasteiger partial charge is 0.0970 e. The average Bonchev–Trinajstić information content (AvgIpc) is 2.81. The molecule has 0 fully saturated rings. The minimum Gasteiger partial charge on any atom is -0.397 e. The largest absolute Gasteiger partial charge is 0.397 e. The van der Waals surface area contributed by atoms with E-state index in [2.05, 4.69) is 27.9 Å². The minimum atomic E-state index is -0.500. The van der Waals surface area contributed by atoms with E-state index >= 15 is 0 Å². The van der Waals surface area contributed by atoms with Gasteiger partial charge in [-0.05, 0) is 63.2 Å². The quantitative estimate of drug-likeness (QED) is 0.580. The number of aliphatic hydroxyl groups excluding tert-OH is 1. The third-order valence-corrected chi connectivity index (χ3v) is 3.80. The Bertz CT molecular complexity index is 487. The predicted molar refractivity (Wildman–Crippen MR) is 81.3 cm³/mol. The van der Waals surface area contributed by atoms with Gasteiger partial charge in [0.15, 0.2) is 0 Å². The van der Waals surface area contributed by atoms with Gasteiger partial charge in [0.2, 0.25) is 0 Å². The summed E-state index contributed by atoms with van der Waals surface area (Å²) in [4.78, 5) is 0. The lowest BCUT2D eigenvalue weighted by atomic mass is 10.2. The zero-order valence-corrected chi connectivity index (χ0v) is 12.0. The molecule has 1 heterocycles. The third-order valence-electron chi connectivity index (χ3n) is 2.43. The third kappa shape index (κ3) is 3.34. The summed E-state index contributed by atoms with van der Waals surface area (Å²) in [7, 11) is 0. The van der Waals surface area contributed by atoms with Gasteiger partial charge in [0.1, 0.15) is 0 Å². The molecule has 1 unspecified atom stereocenters. The second-order valence-electron chi connectivity index (χ2n) is 3.68. The number of benzene rings is 1. The van der Waals surface area contributed by atoms with E-state index in [0.717, 1.165) is 14.8 Å². The van der Waals surface area contributed by atoms with Crippen molar-refractivity contribution in [3.63, 3.8) is 0 Å². The molecule has 1 atom stereocenters. The molecular weight excluding hydrogens is 347 g/mol.